The van der Waals surface area contributed by atoms with Gasteiger partial charge in [-0.15, -0.1) is 0 Å². The molecule has 2 nitrogen and oxygen atoms in total. The van der Waals surface area contributed by atoms with Gasteiger partial charge >= 0.3 is 0 Å². The van der Waals surface area contributed by atoms with Gasteiger partial charge in [-0.05, 0) is 81.2 Å². The molecule has 3 aromatic carbocycles. The first-order valence-corrected chi connectivity index (χ1v) is 18.9. The minimum absolute atomic E-state index is 0.479. The van der Waals surface area contributed by atoms with Gasteiger partial charge in [0.05, 0.1) is 23.3 Å². The fraction of sp³-hybridized carbons (Fsp3) is 0.400. The largest absolute Gasteiger partial charge is 0.308 e. The van der Waals surface area contributed by atoms with E-state index in [0.717, 1.165) is 25.9 Å². The van der Waals surface area contributed by atoms with E-state index in [1.165, 1.54) is 55.0 Å². The van der Waals surface area contributed by atoms with Crippen LogP contribution in [0.3, 0.4) is 0 Å². The summed E-state index contributed by atoms with van der Waals surface area (Å²) < 4.78 is 2.57. The summed E-state index contributed by atoms with van der Waals surface area (Å²) >= 11 is 13.8. The molecule has 0 fully saturated rings. The van der Waals surface area contributed by atoms with Crippen LogP contribution >= 0.6 is 12.2 Å². The first-order valence-electron chi connectivity index (χ1n) is 13.3. The highest BCUT2D eigenvalue weighted by molar-refractivity contribution is 8.23. The zero-order valence-electron chi connectivity index (χ0n) is 22.6. The van der Waals surface area contributed by atoms with Gasteiger partial charge in [0.2, 0.25) is 0 Å². The lowest BCUT2D eigenvalue weighted by molar-refractivity contribution is 0.513. The van der Waals surface area contributed by atoms with E-state index in [1.807, 2.05) is 0 Å². The van der Waals surface area contributed by atoms with Crippen molar-refractivity contribution in [2.24, 2.45) is 0 Å². The molecule has 2 unspecified atom stereocenters. The number of rotatable bonds is 6. The number of aryl methyl sites for hydroxylation is 3. The maximum atomic E-state index is 6.95. The first kappa shape index (κ1) is 26.3. The van der Waals surface area contributed by atoms with E-state index in [9.17, 15) is 0 Å². The lowest BCUT2D eigenvalue weighted by atomic mass is 10.1. The van der Waals surface area contributed by atoms with Gasteiger partial charge in [-0.25, -0.2) is 0 Å². The minimum atomic E-state index is -2.23. The molecule has 2 heterocycles. The van der Waals surface area contributed by atoms with E-state index >= 15 is 0 Å². The predicted octanol–water partition coefficient (Wildman–Crippen LogP) is 7.01. The molecular weight excluding hydrogens is 514 g/mol. The molecule has 0 spiro atoms. The van der Waals surface area contributed by atoms with Gasteiger partial charge in [0.25, 0.3) is 0 Å². The second-order valence-electron chi connectivity index (χ2n) is 10.3. The van der Waals surface area contributed by atoms with Crippen molar-refractivity contribution in [1.29, 1.82) is 0 Å². The van der Waals surface area contributed by atoms with E-state index in [4.69, 9.17) is 23.6 Å². The Morgan fingerprint density at radius 1 is 0.694 bits per heavy atom. The number of anilines is 3. The number of benzene rings is 3. The van der Waals surface area contributed by atoms with Crippen molar-refractivity contribution in [3.05, 3.63) is 65.2 Å². The standard InChI is InChI=1S/C30H38N2P2S2/c1-8-23(9-2)33(35)26-16-20(5)12-14-24(26)32-25-15-13-21(6)17-27(25)34(36,31(10-3)11-4)29-19-22(7)18-28(33)30(29)32/h12-19,23H,8-11H2,1-7H3. The van der Waals surface area contributed by atoms with Crippen LogP contribution in [-0.2, 0) is 23.6 Å². The van der Waals surface area contributed by atoms with E-state index in [-0.39, 0.29) is 0 Å². The Kier molecular flexibility index (Phi) is 6.93. The molecule has 0 saturated carbocycles. The summed E-state index contributed by atoms with van der Waals surface area (Å²) in [6, 6.07) is 16.7. The molecular formula is C30H38N2P2S2. The molecule has 0 aliphatic carbocycles. The maximum Gasteiger partial charge on any atom is 0.0751 e. The van der Waals surface area contributed by atoms with Crippen LogP contribution in [0.5, 0.6) is 0 Å². The van der Waals surface area contributed by atoms with Crippen molar-refractivity contribution >= 4 is 74.1 Å². The fourth-order valence-corrected chi connectivity index (χ4v) is 17.1. The van der Waals surface area contributed by atoms with Crippen molar-refractivity contribution in [1.82, 2.24) is 4.67 Å². The predicted molar refractivity (Wildman–Crippen MR) is 170 cm³/mol. The Bertz CT molecular complexity index is 1350. The molecule has 0 bridgehead atoms. The third-order valence-corrected chi connectivity index (χ3v) is 19.3. The normalized spacial score (nSPS) is 22.0. The quantitative estimate of drug-likeness (QED) is 0.303. The van der Waals surface area contributed by atoms with Crippen LogP contribution in [0.2, 0.25) is 0 Å². The molecule has 6 heteroatoms. The van der Waals surface area contributed by atoms with Crippen LogP contribution in [0.1, 0.15) is 57.2 Å². The third kappa shape index (κ3) is 3.52. The Labute approximate surface area is 228 Å². The number of hydrogen-bond acceptors (Lipinski definition) is 3. The molecule has 5 rings (SSSR count). The van der Waals surface area contributed by atoms with E-state index in [0.29, 0.717) is 5.66 Å². The van der Waals surface area contributed by atoms with Gasteiger partial charge in [0, 0.05) is 40.3 Å². The van der Waals surface area contributed by atoms with E-state index in [1.54, 1.807) is 0 Å². The van der Waals surface area contributed by atoms with Crippen molar-refractivity contribution in [2.45, 2.75) is 67.0 Å². The van der Waals surface area contributed by atoms with Crippen LogP contribution in [0.4, 0.5) is 17.1 Å². The monoisotopic (exact) mass is 552 g/mol. The van der Waals surface area contributed by atoms with Crippen LogP contribution in [0.25, 0.3) is 0 Å². The van der Waals surface area contributed by atoms with Crippen LogP contribution in [-0.4, -0.2) is 23.4 Å². The molecule has 36 heavy (non-hydrogen) atoms. The molecule has 190 valence electrons. The summed E-state index contributed by atoms with van der Waals surface area (Å²) in [5, 5.41) is 5.46. The molecule has 0 radical (unpaired) electrons. The Morgan fingerprint density at radius 3 is 1.75 bits per heavy atom. The van der Waals surface area contributed by atoms with E-state index in [2.05, 4.69) is 107 Å². The maximum absolute atomic E-state index is 6.95. The van der Waals surface area contributed by atoms with Crippen molar-refractivity contribution < 1.29 is 0 Å². The number of hydrogen-bond donors (Lipinski definition) is 0. The minimum Gasteiger partial charge on any atom is -0.308 e. The van der Waals surface area contributed by atoms with Gasteiger partial charge < -0.3 is 4.90 Å². The topological polar surface area (TPSA) is 6.48 Å². The fourth-order valence-electron chi connectivity index (χ4n) is 6.36. The zero-order valence-corrected chi connectivity index (χ0v) is 26.1. The van der Waals surface area contributed by atoms with E-state index < -0.39 is 12.2 Å². The molecule has 2 atom stereocenters. The highest BCUT2D eigenvalue weighted by Gasteiger charge is 2.48. The molecule has 0 amide bonds. The average Bonchev–Trinajstić information content (AvgIpc) is 2.86. The summed E-state index contributed by atoms with van der Waals surface area (Å²) in [6.07, 6.45) is -0.0274. The Balaban J connectivity index is 2.01. The zero-order chi connectivity index (χ0) is 26.0. The molecule has 2 aliphatic heterocycles. The van der Waals surface area contributed by atoms with Gasteiger partial charge in [-0.2, -0.15) is 0 Å². The summed E-state index contributed by atoms with van der Waals surface area (Å²) in [6.45, 7) is 17.7. The van der Waals surface area contributed by atoms with Crippen molar-refractivity contribution in [3.8, 4) is 0 Å². The number of fused-ring (bicyclic) bond motifs is 4. The van der Waals surface area contributed by atoms with Gasteiger partial charge in [0.15, 0.2) is 0 Å². The molecule has 0 N–H and O–H groups in total. The summed E-state index contributed by atoms with van der Waals surface area (Å²) in [7, 11) is 0. The van der Waals surface area contributed by atoms with Gasteiger partial charge in [-0.1, -0.05) is 74.6 Å². The highest BCUT2D eigenvalue weighted by atomic mass is 32.4. The summed E-state index contributed by atoms with van der Waals surface area (Å²) in [4.78, 5) is 2.54. The Hall–Kier alpha value is -1.28. The average molecular weight is 553 g/mol. The van der Waals surface area contributed by atoms with Gasteiger partial charge in [-0.3, -0.25) is 4.67 Å². The van der Waals surface area contributed by atoms with Crippen molar-refractivity contribution in [2.75, 3.05) is 18.0 Å². The lowest BCUT2D eigenvalue weighted by Crippen LogP contribution is -2.47. The van der Waals surface area contributed by atoms with Crippen LogP contribution in [0, 0.1) is 20.8 Å². The lowest BCUT2D eigenvalue weighted by Gasteiger charge is -2.50. The first-order chi connectivity index (χ1) is 17.2. The third-order valence-electron chi connectivity index (χ3n) is 8.14. The van der Waals surface area contributed by atoms with Crippen LogP contribution in [0.15, 0.2) is 48.5 Å². The summed E-state index contributed by atoms with van der Waals surface area (Å²) in [5.41, 5.74) is 8.18. The van der Waals surface area contributed by atoms with Gasteiger partial charge in [0.1, 0.15) is 0 Å². The van der Waals surface area contributed by atoms with Crippen molar-refractivity contribution in [3.63, 3.8) is 0 Å². The van der Waals surface area contributed by atoms with Crippen LogP contribution < -0.4 is 26.1 Å². The molecule has 2 aliphatic rings. The highest BCUT2D eigenvalue weighted by Crippen LogP contribution is 2.64. The second kappa shape index (κ2) is 9.48. The Morgan fingerprint density at radius 2 is 1.19 bits per heavy atom. The second-order valence-corrected chi connectivity index (χ2v) is 19.3. The number of nitrogens with zero attached hydrogens (tertiary/aromatic N) is 2. The molecule has 0 saturated heterocycles. The summed E-state index contributed by atoms with van der Waals surface area (Å²) in [5.74, 6) is 0. The smallest absolute Gasteiger partial charge is 0.0751 e. The SMILES string of the molecule is CCC(CC)P1(=S)c2cc(C)ccc2N2c3ccc(C)cc3P(=S)(N(CC)CC)c3cc(C)cc1c32. The molecule has 0 aromatic heterocycles. The molecule has 3 aromatic rings.